The van der Waals surface area contributed by atoms with E-state index in [4.69, 9.17) is 76.5 Å². The standard InChI is InChI=1S/C26H21Cl2N3O3S.C25H21BrCl2N2O3S/c1-29-15-7-8-20-21(11-15)35-25(30-20)26(32)10-9-16(12-26)33-13-17-23(31-34-24(17)14-5-6-14)22-18(27)3-2-4-19(22)28;26-14-6-7-19-20(10-14)34-24(29-19)25(31)9-8-15(11-25)32-12-16-22(30-33-23(16)13-4-5-13)21-17(27)2-1-3-18(21)28/h2-4,7-8,11,14,16,32H,5-6,9-10,12-13H2;1-3,6-7,10,13,15,31H,4-5,8-9,11-12H2. The first kappa shape index (κ1) is 47.4. The minimum absolute atomic E-state index is 0.0970. The molecule has 8 aromatic rings. The molecule has 4 saturated carbocycles. The molecule has 4 aromatic carbocycles. The van der Waals surface area contributed by atoms with Crippen LogP contribution in [-0.4, -0.2) is 42.7 Å². The predicted molar refractivity (Wildman–Crippen MR) is 274 cm³/mol. The van der Waals surface area contributed by atoms with Crippen LogP contribution in [0.1, 0.15) is 109 Å². The Morgan fingerprint density at radius 3 is 1.55 bits per heavy atom. The summed E-state index contributed by atoms with van der Waals surface area (Å²) in [6, 6.07) is 22.2. The van der Waals surface area contributed by atoms with Crippen molar-refractivity contribution in [2.24, 2.45) is 0 Å². The molecular formula is C51H42BrCl4N5O6S2. The third kappa shape index (κ3) is 9.63. The monoisotopic (exact) mass is 1100 g/mol. The third-order valence-corrected chi connectivity index (χ3v) is 17.6. The maximum atomic E-state index is 11.4. The number of rotatable bonds is 12. The number of benzene rings is 4. The zero-order valence-electron chi connectivity index (χ0n) is 36.7. The second-order valence-corrected chi connectivity index (χ2v) is 22.9. The van der Waals surface area contributed by atoms with E-state index in [-0.39, 0.29) is 12.2 Å². The van der Waals surface area contributed by atoms with Crippen molar-refractivity contribution in [3.05, 3.63) is 141 Å². The van der Waals surface area contributed by atoms with Crippen LogP contribution in [-0.2, 0) is 33.9 Å². The smallest absolute Gasteiger partial charge is 0.188 e. The van der Waals surface area contributed by atoms with Crippen LogP contribution in [0.25, 0.3) is 47.8 Å². The molecule has 0 amide bonds. The molecule has 0 saturated heterocycles. The van der Waals surface area contributed by atoms with E-state index in [2.05, 4.69) is 36.1 Å². The van der Waals surface area contributed by atoms with Crippen molar-refractivity contribution >= 4 is 111 Å². The van der Waals surface area contributed by atoms with E-state index in [0.717, 1.165) is 84.7 Å². The van der Waals surface area contributed by atoms with E-state index in [1.54, 1.807) is 47.7 Å². The van der Waals surface area contributed by atoms with Gasteiger partial charge in [-0.1, -0.05) is 90.8 Å². The van der Waals surface area contributed by atoms with Gasteiger partial charge < -0.3 is 28.7 Å². The highest BCUT2D eigenvalue weighted by Gasteiger charge is 2.44. The van der Waals surface area contributed by atoms with E-state index in [1.807, 2.05) is 36.4 Å². The fraction of sp³-hybridized carbons (Fsp3) is 0.353. The van der Waals surface area contributed by atoms with Crippen LogP contribution < -0.4 is 0 Å². The Morgan fingerprint density at radius 2 is 1.10 bits per heavy atom. The Kier molecular flexibility index (Phi) is 13.2. The number of fused-ring (bicyclic) bond motifs is 2. The molecule has 12 rings (SSSR count). The number of halogens is 5. The highest BCUT2D eigenvalue weighted by molar-refractivity contribution is 9.10. The average molecular weight is 1110 g/mol. The quantitative estimate of drug-likeness (QED) is 0.114. The first-order valence-electron chi connectivity index (χ1n) is 22.7. The normalized spacial score (nSPS) is 22.3. The number of ether oxygens (including phenoxy) is 2. The van der Waals surface area contributed by atoms with Crippen LogP contribution in [0.3, 0.4) is 0 Å². The molecule has 0 spiro atoms. The summed E-state index contributed by atoms with van der Waals surface area (Å²) < 4.78 is 27.1. The number of hydrogen-bond donors (Lipinski definition) is 2. The summed E-state index contributed by atoms with van der Waals surface area (Å²) in [4.78, 5) is 12.9. The molecule has 354 valence electrons. The van der Waals surface area contributed by atoms with E-state index in [1.165, 1.54) is 11.3 Å². The third-order valence-electron chi connectivity index (χ3n) is 13.4. The Morgan fingerprint density at radius 1 is 0.652 bits per heavy atom. The molecule has 0 aliphatic heterocycles. The molecule has 4 aromatic heterocycles. The summed E-state index contributed by atoms with van der Waals surface area (Å²) in [6.07, 6.45) is 7.65. The molecule has 18 heteroatoms. The minimum atomic E-state index is -1.05. The van der Waals surface area contributed by atoms with Crippen molar-refractivity contribution in [1.82, 2.24) is 20.3 Å². The van der Waals surface area contributed by atoms with Gasteiger partial charge in [0.1, 0.15) is 44.1 Å². The van der Waals surface area contributed by atoms with Crippen molar-refractivity contribution in [1.29, 1.82) is 0 Å². The van der Waals surface area contributed by atoms with Crippen molar-refractivity contribution < 1.29 is 28.7 Å². The number of thiazole rings is 2. The van der Waals surface area contributed by atoms with Gasteiger partial charge in [-0.25, -0.2) is 14.8 Å². The Bertz CT molecular complexity index is 3250. The van der Waals surface area contributed by atoms with Gasteiger partial charge >= 0.3 is 0 Å². The zero-order valence-corrected chi connectivity index (χ0v) is 42.9. The Hall–Kier alpha value is -3.95. The minimum Gasteiger partial charge on any atom is -0.383 e. The maximum absolute atomic E-state index is 11.4. The SMILES string of the molecule is OC1(c2nc3ccc(Br)cc3s2)CCC(OCc2c(-c3c(Cl)cccc3Cl)noc2C2CC2)C1.[C-]#[N+]c1ccc2nc(C3(O)CCC(OCc4c(-c5c(Cl)cccc5Cl)noc4C4CC4)C3)sc2c1. The van der Waals surface area contributed by atoms with Gasteiger partial charge in [0.05, 0.1) is 67.8 Å². The van der Waals surface area contributed by atoms with Crippen molar-refractivity contribution in [3.8, 4) is 22.5 Å². The lowest BCUT2D eigenvalue weighted by Gasteiger charge is -2.20. The van der Waals surface area contributed by atoms with Crippen LogP contribution in [0.4, 0.5) is 5.69 Å². The van der Waals surface area contributed by atoms with Gasteiger partial charge in [0.2, 0.25) is 0 Å². The number of nitrogens with zero attached hydrogens (tertiary/aromatic N) is 5. The van der Waals surface area contributed by atoms with Gasteiger partial charge in [-0.15, -0.1) is 22.7 Å². The molecule has 0 bridgehead atoms. The first-order valence-corrected chi connectivity index (χ1v) is 26.7. The van der Waals surface area contributed by atoms with Crippen LogP contribution in [0, 0.1) is 6.57 Å². The van der Waals surface area contributed by atoms with Crippen LogP contribution >= 0.6 is 85.0 Å². The van der Waals surface area contributed by atoms with E-state index in [0.29, 0.717) is 110 Å². The van der Waals surface area contributed by atoms with E-state index in [9.17, 15) is 10.2 Å². The predicted octanol–water partition coefficient (Wildman–Crippen LogP) is 15.5. The zero-order chi connectivity index (χ0) is 47.6. The summed E-state index contributed by atoms with van der Waals surface area (Å²) >= 11 is 32.4. The molecule has 11 nitrogen and oxygen atoms in total. The second-order valence-electron chi connectivity index (χ2n) is 18.3. The van der Waals surface area contributed by atoms with Crippen LogP contribution in [0.5, 0.6) is 0 Å². The van der Waals surface area contributed by atoms with E-state index < -0.39 is 11.2 Å². The lowest BCUT2D eigenvalue weighted by atomic mass is 10.0. The lowest BCUT2D eigenvalue weighted by molar-refractivity contribution is -0.00154. The van der Waals surface area contributed by atoms with Gasteiger partial charge in [-0.05, 0) is 106 Å². The fourth-order valence-corrected chi connectivity index (χ4v) is 13.3. The average Bonchev–Trinajstić information content (AvgIpc) is 3.95. The summed E-state index contributed by atoms with van der Waals surface area (Å²) in [7, 11) is 0. The molecule has 4 atom stereocenters. The molecule has 4 aliphatic rings. The van der Waals surface area contributed by atoms with Crippen LogP contribution in [0.15, 0.2) is 86.3 Å². The Balaban J connectivity index is 0.000000151. The molecule has 69 heavy (non-hydrogen) atoms. The van der Waals surface area contributed by atoms with Gasteiger partial charge in [0, 0.05) is 56.1 Å². The fourth-order valence-electron chi connectivity index (χ4n) is 9.41. The van der Waals surface area contributed by atoms with Crippen LogP contribution in [0.2, 0.25) is 20.1 Å². The molecule has 4 fully saturated rings. The van der Waals surface area contributed by atoms with Gasteiger partial charge in [0.25, 0.3) is 0 Å². The molecular weight excluding hydrogens is 1060 g/mol. The number of aliphatic hydroxyl groups is 2. The second kappa shape index (κ2) is 19.2. The molecule has 0 radical (unpaired) electrons. The molecule has 4 heterocycles. The molecule has 4 aliphatic carbocycles. The molecule has 4 unspecified atom stereocenters. The topological polar surface area (TPSA) is 141 Å². The van der Waals surface area contributed by atoms with Crippen molar-refractivity contribution in [2.75, 3.05) is 0 Å². The first-order chi connectivity index (χ1) is 33.4. The molecule has 2 N–H and O–H groups in total. The summed E-state index contributed by atoms with van der Waals surface area (Å²) in [5.41, 5.74) is 4.61. The van der Waals surface area contributed by atoms with Gasteiger partial charge in [-0.2, -0.15) is 0 Å². The van der Waals surface area contributed by atoms with Gasteiger partial charge in [0.15, 0.2) is 5.69 Å². The highest BCUT2D eigenvalue weighted by atomic mass is 79.9. The van der Waals surface area contributed by atoms with E-state index >= 15 is 0 Å². The summed E-state index contributed by atoms with van der Waals surface area (Å²) in [6.45, 7) is 7.86. The number of hydrogen-bond acceptors (Lipinski definition) is 12. The Labute approximate surface area is 433 Å². The lowest BCUT2D eigenvalue weighted by Crippen LogP contribution is -2.23. The summed E-state index contributed by atoms with van der Waals surface area (Å²) in [5, 5.41) is 35.0. The van der Waals surface area contributed by atoms with Gasteiger partial charge in [-0.3, -0.25) is 0 Å². The van der Waals surface area contributed by atoms with Crippen molar-refractivity contribution in [3.63, 3.8) is 0 Å². The van der Waals surface area contributed by atoms with Crippen molar-refractivity contribution in [2.45, 2.75) is 113 Å². The highest BCUT2D eigenvalue weighted by Crippen LogP contribution is 2.50. The maximum Gasteiger partial charge on any atom is 0.188 e. The summed E-state index contributed by atoms with van der Waals surface area (Å²) in [5.74, 6) is 2.41. The number of aromatic nitrogens is 4. The largest absolute Gasteiger partial charge is 0.383 e.